The monoisotopic (exact) mass is 364 g/mol. The van der Waals surface area contributed by atoms with Gasteiger partial charge in [0.2, 0.25) is 5.91 Å². The van der Waals surface area contributed by atoms with Gasteiger partial charge in [-0.3, -0.25) is 9.59 Å². The Hall–Kier alpha value is -3.08. The van der Waals surface area contributed by atoms with Gasteiger partial charge in [0.25, 0.3) is 5.91 Å². The van der Waals surface area contributed by atoms with Crippen LogP contribution in [0.25, 0.3) is 11.0 Å². The predicted octanol–water partition coefficient (Wildman–Crippen LogP) is 4.66. The molecule has 0 saturated carbocycles. The lowest BCUT2D eigenvalue weighted by Gasteiger charge is -2.09. The van der Waals surface area contributed by atoms with E-state index in [0.29, 0.717) is 24.5 Å². The highest BCUT2D eigenvalue weighted by Crippen LogP contribution is 2.20. The summed E-state index contributed by atoms with van der Waals surface area (Å²) >= 11 is 0. The van der Waals surface area contributed by atoms with Crippen LogP contribution >= 0.6 is 0 Å². The Bertz CT molecular complexity index is 973. The van der Waals surface area contributed by atoms with Gasteiger partial charge in [0.15, 0.2) is 5.76 Å². The first-order valence-electron chi connectivity index (χ1n) is 9.08. The standard InChI is InChI=1S/C22H24N2O3/c1-14(2)9-21(25)24-18-6-4-5-16(11-18)13-23-22(26)20-12-17-10-15(3)7-8-19(17)27-20/h4-8,10-12,14H,9,13H2,1-3H3,(H,23,26)(H,24,25). The summed E-state index contributed by atoms with van der Waals surface area (Å²) in [6.45, 7) is 6.36. The molecule has 0 bridgehead atoms. The van der Waals surface area contributed by atoms with Crippen LogP contribution in [0.15, 0.2) is 52.9 Å². The van der Waals surface area contributed by atoms with Crippen molar-refractivity contribution in [3.05, 3.63) is 65.4 Å². The summed E-state index contributed by atoms with van der Waals surface area (Å²) in [6.07, 6.45) is 0.479. The molecule has 0 aliphatic rings. The second-order valence-electron chi connectivity index (χ2n) is 7.18. The predicted molar refractivity (Wildman–Crippen MR) is 107 cm³/mol. The zero-order valence-corrected chi connectivity index (χ0v) is 15.8. The van der Waals surface area contributed by atoms with E-state index in [-0.39, 0.29) is 17.6 Å². The first kappa shape index (κ1) is 18.7. The second kappa shape index (κ2) is 8.08. The summed E-state index contributed by atoms with van der Waals surface area (Å²) in [6, 6.07) is 15.0. The largest absolute Gasteiger partial charge is 0.451 e. The van der Waals surface area contributed by atoms with Crippen molar-refractivity contribution in [2.45, 2.75) is 33.7 Å². The molecule has 0 aliphatic heterocycles. The van der Waals surface area contributed by atoms with Crippen LogP contribution < -0.4 is 10.6 Å². The Morgan fingerprint density at radius 1 is 1.07 bits per heavy atom. The number of amides is 2. The Kier molecular flexibility index (Phi) is 5.60. The highest BCUT2D eigenvalue weighted by atomic mass is 16.3. The fourth-order valence-electron chi connectivity index (χ4n) is 2.89. The average molecular weight is 364 g/mol. The Morgan fingerprint density at radius 2 is 1.89 bits per heavy atom. The summed E-state index contributed by atoms with van der Waals surface area (Å²) in [5.74, 6) is 0.318. The van der Waals surface area contributed by atoms with E-state index in [1.165, 1.54) is 0 Å². The van der Waals surface area contributed by atoms with Crippen molar-refractivity contribution in [2.75, 3.05) is 5.32 Å². The van der Waals surface area contributed by atoms with Crippen molar-refractivity contribution in [1.82, 2.24) is 5.32 Å². The molecule has 0 radical (unpaired) electrons. The molecule has 1 aromatic heterocycles. The van der Waals surface area contributed by atoms with Crippen LogP contribution in [0.2, 0.25) is 0 Å². The van der Waals surface area contributed by atoms with Crippen LogP contribution in [-0.2, 0) is 11.3 Å². The van der Waals surface area contributed by atoms with Gasteiger partial charge in [-0.15, -0.1) is 0 Å². The quantitative estimate of drug-likeness (QED) is 0.668. The lowest BCUT2D eigenvalue weighted by molar-refractivity contribution is -0.116. The molecular weight excluding hydrogens is 340 g/mol. The molecule has 0 aliphatic carbocycles. The number of benzene rings is 2. The van der Waals surface area contributed by atoms with E-state index in [1.807, 2.05) is 63.2 Å². The number of anilines is 1. The minimum absolute atomic E-state index is 0.0104. The van der Waals surface area contributed by atoms with Gasteiger partial charge in [-0.2, -0.15) is 0 Å². The number of hydrogen-bond acceptors (Lipinski definition) is 3. The summed E-state index contributed by atoms with van der Waals surface area (Å²) in [5.41, 5.74) is 3.44. The molecule has 5 nitrogen and oxygen atoms in total. The molecule has 2 amide bonds. The molecule has 0 unspecified atom stereocenters. The number of fused-ring (bicyclic) bond motifs is 1. The number of carbonyl (C=O) groups is 2. The lowest BCUT2D eigenvalue weighted by Crippen LogP contribution is -2.22. The van der Waals surface area contributed by atoms with E-state index in [0.717, 1.165) is 22.2 Å². The van der Waals surface area contributed by atoms with Crippen LogP contribution in [0.5, 0.6) is 0 Å². The Labute approximate surface area is 158 Å². The molecule has 3 rings (SSSR count). The molecule has 0 saturated heterocycles. The van der Waals surface area contributed by atoms with Gasteiger partial charge in [0, 0.05) is 24.0 Å². The van der Waals surface area contributed by atoms with Crippen molar-refractivity contribution in [1.29, 1.82) is 0 Å². The molecule has 2 aromatic carbocycles. The second-order valence-corrected chi connectivity index (χ2v) is 7.18. The third-order valence-electron chi connectivity index (χ3n) is 4.15. The number of nitrogens with one attached hydrogen (secondary N) is 2. The number of aryl methyl sites for hydroxylation is 1. The fourth-order valence-corrected chi connectivity index (χ4v) is 2.89. The van der Waals surface area contributed by atoms with Gasteiger partial charge in [0.05, 0.1) is 0 Å². The summed E-state index contributed by atoms with van der Waals surface area (Å²) in [7, 11) is 0. The van der Waals surface area contributed by atoms with Gasteiger partial charge < -0.3 is 15.1 Å². The molecule has 0 atom stereocenters. The molecule has 1 heterocycles. The highest BCUT2D eigenvalue weighted by molar-refractivity contribution is 5.96. The minimum atomic E-state index is -0.266. The first-order valence-corrected chi connectivity index (χ1v) is 9.08. The van der Waals surface area contributed by atoms with Crippen LogP contribution in [0.3, 0.4) is 0 Å². The highest BCUT2D eigenvalue weighted by Gasteiger charge is 2.12. The van der Waals surface area contributed by atoms with Gasteiger partial charge in [-0.1, -0.05) is 37.6 Å². The van der Waals surface area contributed by atoms with Crippen LogP contribution in [0.1, 0.15) is 41.9 Å². The van der Waals surface area contributed by atoms with Crippen molar-refractivity contribution in [3.8, 4) is 0 Å². The minimum Gasteiger partial charge on any atom is -0.451 e. The molecule has 0 fully saturated rings. The molecule has 3 aromatic rings. The number of hydrogen-bond donors (Lipinski definition) is 2. The van der Waals surface area contributed by atoms with E-state index in [9.17, 15) is 9.59 Å². The van der Waals surface area contributed by atoms with Gasteiger partial charge in [-0.25, -0.2) is 0 Å². The van der Waals surface area contributed by atoms with Gasteiger partial charge >= 0.3 is 0 Å². The Balaban J connectivity index is 1.62. The molecule has 5 heteroatoms. The third-order valence-corrected chi connectivity index (χ3v) is 4.15. The molecular formula is C22H24N2O3. The normalized spacial score (nSPS) is 11.0. The van der Waals surface area contributed by atoms with E-state index in [4.69, 9.17) is 4.42 Å². The van der Waals surface area contributed by atoms with Crippen molar-refractivity contribution in [3.63, 3.8) is 0 Å². The summed E-state index contributed by atoms with van der Waals surface area (Å²) in [5, 5.41) is 6.66. The van der Waals surface area contributed by atoms with Crippen LogP contribution in [0, 0.1) is 12.8 Å². The van der Waals surface area contributed by atoms with E-state index < -0.39 is 0 Å². The van der Waals surface area contributed by atoms with Gasteiger partial charge in [0.1, 0.15) is 5.58 Å². The number of carbonyl (C=O) groups excluding carboxylic acids is 2. The van der Waals surface area contributed by atoms with Gasteiger partial charge in [-0.05, 0) is 48.7 Å². The van der Waals surface area contributed by atoms with Crippen molar-refractivity contribution >= 4 is 28.5 Å². The zero-order chi connectivity index (χ0) is 19.4. The third kappa shape index (κ3) is 4.97. The topological polar surface area (TPSA) is 71.3 Å². The van der Waals surface area contributed by atoms with Crippen LogP contribution in [-0.4, -0.2) is 11.8 Å². The molecule has 2 N–H and O–H groups in total. The maximum Gasteiger partial charge on any atom is 0.287 e. The molecule has 0 spiro atoms. The smallest absolute Gasteiger partial charge is 0.287 e. The first-order chi connectivity index (χ1) is 12.9. The average Bonchev–Trinajstić information content (AvgIpc) is 3.02. The zero-order valence-electron chi connectivity index (χ0n) is 15.8. The van der Waals surface area contributed by atoms with E-state index >= 15 is 0 Å². The van der Waals surface area contributed by atoms with Crippen molar-refractivity contribution < 1.29 is 14.0 Å². The number of furan rings is 1. The van der Waals surface area contributed by atoms with Crippen molar-refractivity contribution in [2.24, 2.45) is 5.92 Å². The van der Waals surface area contributed by atoms with E-state index in [2.05, 4.69) is 10.6 Å². The molecule has 27 heavy (non-hydrogen) atoms. The summed E-state index contributed by atoms with van der Waals surface area (Å²) in [4.78, 5) is 24.3. The maximum atomic E-state index is 12.4. The molecule has 140 valence electrons. The van der Waals surface area contributed by atoms with E-state index in [1.54, 1.807) is 6.07 Å². The lowest BCUT2D eigenvalue weighted by atomic mass is 10.1. The van der Waals surface area contributed by atoms with Crippen LogP contribution in [0.4, 0.5) is 5.69 Å². The number of rotatable bonds is 6. The maximum absolute atomic E-state index is 12.4. The Morgan fingerprint density at radius 3 is 2.67 bits per heavy atom. The fraction of sp³-hybridized carbons (Fsp3) is 0.273. The SMILES string of the molecule is Cc1ccc2oc(C(=O)NCc3cccc(NC(=O)CC(C)C)c3)cc2c1. The summed E-state index contributed by atoms with van der Waals surface area (Å²) < 4.78 is 5.62.